The van der Waals surface area contributed by atoms with Gasteiger partial charge >= 0.3 is 0 Å². The van der Waals surface area contributed by atoms with Gasteiger partial charge in [-0.2, -0.15) is 0 Å². The van der Waals surface area contributed by atoms with Crippen molar-refractivity contribution in [2.24, 2.45) is 0 Å². The van der Waals surface area contributed by atoms with Crippen LogP contribution in [0, 0.1) is 0 Å². The fourth-order valence-electron chi connectivity index (χ4n) is 1.68. The highest BCUT2D eigenvalue weighted by molar-refractivity contribution is 8.26. The number of thiocarbonyl (C=S) groups is 1. The largest absolute Gasteiger partial charge is 0.350 e. The number of para-hydroxylation sites is 1. The van der Waals surface area contributed by atoms with Crippen molar-refractivity contribution < 1.29 is 4.79 Å². The lowest BCUT2D eigenvalue weighted by Gasteiger charge is -2.14. The minimum Gasteiger partial charge on any atom is -0.350 e. The molecule has 1 aliphatic heterocycles. The van der Waals surface area contributed by atoms with Crippen LogP contribution in [0.1, 0.15) is 6.92 Å². The maximum absolute atomic E-state index is 12.0. The van der Waals surface area contributed by atoms with E-state index >= 15 is 0 Å². The van der Waals surface area contributed by atoms with E-state index < -0.39 is 0 Å². The highest BCUT2D eigenvalue weighted by Gasteiger charge is 2.30. The number of anilines is 1. The summed E-state index contributed by atoms with van der Waals surface area (Å²) in [6.07, 6.45) is 1.84. The Morgan fingerprint density at radius 3 is 2.61 bits per heavy atom. The maximum atomic E-state index is 12.0. The Kier molecular flexibility index (Phi) is 4.04. The van der Waals surface area contributed by atoms with Crippen molar-refractivity contribution in [3.05, 3.63) is 41.4 Å². The zero-order valence-electron chi connectivity index (χ0n) is 10.3. The fraction of sp³-hybridized carbons (Fsp3) is 0.231. The monoisotopic (exact) mass is 278 g/mol. The van der Waals surface area contributed by atoms with Crippen molar-refractivity contribution in [3.8, 4) is 0 Å². The minimum absolute atomic E-state index is 0.00437. The minimum atomic E-state index is -0.00437. The number of likely N-dealkylation sites (N-methyl/N-ethyl adjacent to an activating group) is 1. The molecule has 0 saturated carbocycles. The van der Waals surface area contributed by atoms with E-state index in [-0.39, 0.29) is 5.91 Å². The highest BCUT2D eigenvalue weighted by atomic mass is 32.2. The fourth-order valence-corrected chi connectivity index (χ4v) is 3.08. The van der Waals surface area contributed by atoms with Crippen LogP contribution in [-0.2, 0) is 4.79 Å². The molecule has 94 valence electrons. The number of hydrogen-bond acceptors (Lipinski definition) is 4. The first-order valence-electron chi connectivity index (χ1n) is 5.67. The van der Waals surface area contributed by atoms with Crippen molar-refractivity contribution in [1.29, 1.82) is 0 Å². The molecule has 3 nitrogen and oxygen atoms in total. The number of thioether (sulfide) groups is 1. The summed E-state index contributed by atoms with van der Waals surface area (Å²) >= 11 is 6.53. The zero-order valence-corrected chi connectivity index (χ0v) is 11.9. The quantitative estimate of drug-likeness (QED) is 0.626. The van der Waals surface area contributed by atoms with Crippen LogP contribution in [0.5, 0.6) is 0 Å². The van der Waals surface area contributed by atoms with Gasteiger partial charge in [-0.25, -0.2) is 0 Å². The second-order valence-electron chi connectivity index (χ2n) is 3.86. The lowest BCUT2D eigenvalue weighted by molar-refractivity contribution is -0.122. The number of hydrogen-bond donors (Lipinski definition) is 0. The van der Waals surface area contributed by atoms with E-state index in [0.29, 0.717) is 15.8 Å². The van der Waals surface area contributed by atoms with Gasteiger partial charge in [0.15, 0.2) is 0 Å². The van der Waals surface area contributed by atoms with Gasteiger partial charge in [0.05, 0.1) is 4.91 Å². The molecule has 0 N–H and O–H groups in total. The first kappa shape index (κ1) is 13.1. The summed E-state index contributed by atoms with van der Waals surface area (Å²) in [6.45, 7) is 2.55. The Bertz CT molecular complexity index is 499. The molecule has 1 aromatic carbocycles. The van der Waals surface area contributed by atoms with Crippen molar-refractivity contribution in [2.45, 2.75) is 6.92 Å². The molecule has 0 bridgehead atoms. The van der Waals surface area contributed by atoms with Crippen molar-refractivity contribution >= 4 is 39.9 Å². The molecular formula is C13H14N2OS2. The van der Waals surface area contributed by atoms with E-state index in [0.717, 1.165) is 5.69 Å². The summed E-state index contributed by atoms with van der Waals surface area (Å²) in [5.41, 5.74) is 1.04. The predicted molar refractivity (Wildman–Crippen MR) is 80.5 cm³/mol. The van der Waals surface area contributed by atoms with Gasteiger partial charge in [-0.3, -0.25) is 9.69 Å². The van der Waals surface area contributed by atoms with Gasteiger partial charge in [-0.1, -0.05) is 42.2 Å². The second kappa shape index (κ2) is 5.54. The van der Waals surface area contributed by atoms with E-state index in [4.69, 9.17) is 12.2 Å². The van der Waals surface area contributed by atoms with Crippen molar-refractivity contribution in [1.82, 2.24) is 4.90 Å². The summed E-state index contributed by atoms with van der Waals surface area (Å²) < 4.78 is 0.634. The van der Waals surface area contributed by atoms with Crippen molar-refractivity contribution in [3.63, 3.8) is 0 Å². The Morgan fingerprint density at radius 1 is 1.39 bits per heavy atom. The number of benzene rings is 1. The third-order valence-electron chi connectivity index (χ3n) is 2.66. The molecule has 1 aliphatic rings. The lowest BCUT2D eigenvalue weighted by Crippen LogP contribution is -2.27. The van der Waals surface area contributed by atoms with Crippen LogP contribution < -0.4 is 4.90 Å². The molecule has 0 radical (unpaired) electrons. The lowest BCUT2D eigenvalue weighted by atomic mass is 10.3. The first-order valence-corrected chi connectivity index (χ1v) is 6.89. The van der Waals surface area contributed by atoms with Gasteiger partial charge in [0.1, 0.15) is 4.32 Å². The summed E-state index contributed by atoms with van der Waals surface area (Å²) in [5.74, 6) is -0.00437. The number of carbonyl (C=O) groups is 1. The summed E-state index contributed by atoms with van der Waals surface area (Å²) in [4.78, 5) is 16.3. The van der Waals surface area contributed by atoms with E-state index in [9.17, 15) is 4.79 Å². The number of amides is 1. The van der Waals surface area contributed by atoms with Crippen LogP contribution in [0.2, 0.25) is 0 Å². The molecule has 5 heteroatoms. The van der Waals surface area contributed by atoms with Crippen LogP contribution >= 0.6 is 24.0 Å². The van der Waals surface area contributed by atoms with Crippen molar-refractivity contribution in [2.75, 3.05) is 18.5 Å². The third kappa shape index (κ3) is 2.57. The normalized spacial score (nSPS) is 17.7. The van der Waals surface area contributed by atoms with Crippen LogP contribution in [0.15, 0.2) is 41.4 Å². The Morgan fingerprint density at radius 2 is 2.06 bits per heavy atom. The highest BCUT2D eigenvalue weighted by Crippen LogP contribution is 2.31. The SMILES string of the molecule is CCN1C(=O)C(=CN(C)c2ccccc2)SC1=S. The van der Waals surface area contributed by atoms with E-state index in [1.165, 1.54) is 11.8 Å². The number of rotatable bonds is 3. The Labute approximate surface area is 116 Å². The van der Waals surface area contributed by atoms with Gasteiger partial charge in [0.25, 0.3) is 5.91 Å². The van der Waals surface area contributed by atoms with Crippen LogP contribution in [0.3, 0.4) is 0 Å². The average Bonchev–Trinajstić information content (AvgIpc) is 2.65. The topological polar surface area (TPSA) is 23.6 Å². The standard InChI is InChI=1S/C13H14N2OS2/c1-3-15-12(16)11(18-13(15)17)9-14(2)10-7-5-4-6-8-10/h4-9H,3H2,1-2H3. The van der Waals surface area contributed by atoms with E-state index in [2.05, 4.69) is 0 Å². The number of nitrogens with zero attached hydrogens (tertiary/aromatic N) is 2. The molecule has 0 atom stereocenters. The van der Waals surface area contributed by atoms with Gasteiger partial charge in [0, 0.05) is 25.5 Å². The van der Waals surface area contributed by atoms with Crippen LogP contribution in [0.4, 0.5) is 5.69 Å². The Hall–Kier alpha value is -1.33. The molecule has 0 spiro atoms. The van der Waals surface area contributed by atoms with E-state index in [1.54, 1.807) is 4.90 Å². The first-order chi connectivity index (χ1) is 8.63. The molecule has 0 unspecified atom stereocenters. The molecule has 2 rings (SSSR count). The van der Waals surface area contributed by atoms with Gasteiger partial charge in [-0.05, 0) is 19.1 Å². The summed E-state index contributed by atoms with van der Waals surface area (Å²) in [6, 6.07) is 9.90. The average molecular weight is 278 g/mol. The van der Waals surface area contributed by atoms with Gasteiger partial charge < -0.3 is 4.90 Å². The maximum Gasteiger partial charge on any atom is 0.267 e. The molecule has 0 aliphatic carbocycles. The second-order valence-corrected chi connectivity index (χ2v) is 5.53. The summed E-state index contributed by atoms with van der Waals surface area (Å²) in [7, 11) is 1.92. The molecular weight excluding hydrogens is 264 g/mol. The molecule has 1 amide bonds. The third-order valence-corrected chi connectivity index (χ3v) is 4.03. The zero-order chi connectivity index (χ0) is 13.1. The summed E-state index contributed by atoms with van der Waals surface area (Å²) in [5, 5.41) is 0. The van der Waals surface area contributed by atoms with E-state index in [1.807, 2.05) is 55.4 Å². The molecule has 18 heavy (non-hydrogen) atoms. The van der Waals surface area contributed by atoms with Crippen LogP contribution in [-0.4, -0.2) is 28.7 Å². The van der Waals surface area contributed by atoms with Gasteiger partial charge in [0.2, 0.25) is 0 Å². The number of carbonyl (C=O) groups excluding carboxylic acids is 1. The Balaban J connectivity index is 2.20. The molecule has 1 heterocycles. The van der Waals surface area contributed by atoms with Gasteiger partial charge in [-0.15, -0.1) is 0 Å². The molecule has 1 saturated heterocycles. The van der Waals surface area contributed by atoms with Crippen LogP contribution in [0.25, 0.3) is 0 Å². The molecule has 1 aromatic rings. The smallest absolute Gasteiger partial charge is 0.267 e. The molecule has 0 aromatic heterocycles. The predicted octanol–water partition coefficient (Wildman–Crippen LogP) is 2.84. The molecule has 1 fully saturated rings.